The zero-order chi connectivity index (χ0) is 19.1. The highest BCUT2D eigenvalue weighted by Crippen LogP contribution is 2.21. The highest BCUT2D eigenvalue weighted by atomic mass is 35.5. The maximum atomic E-state index is 12.2. The maximum Gasteiger partial charge on any atom is 0.311 e. The molecule has 2 aromatic rings. The van der Waals surface area contributed by atoms with E-state index in [9.17, 15) is 9.59 Å². The topological polar surface area (TPSA) is 88.4 Å². The standard InChI is InChI=1S/C19H17ClN2O4/c1-12(19(24)22-15-8-7-14(11-21)16(20)10-15)26-18(23)9-13-5-3-4-6-17(13)25-2/h3-8,10,12H,9H2,1-2H3,(H,22,24)/t12-/m1/s1. The normalized spacial score (nSPS) is 11.2. The molecule has 1 N–H and O–H groups in total. The highest BCUT2D eigenvalue weighted by molar-refractivity contribution is 6.32. The Labute approximate surface area is 156 Å². The van der Waals surface area contributed by atoms with Gasteiger partial charge in [-0.3, -0.25) is 9.59 Å². The fourth-order valence-corrected chi connectivity index (χ4v) is 2.45. The van der Waals surface area contributed by atoms with Crippen molar-refractivity contribution >= 4 is 29.2 Å². The van der Waals surface area contributed by atoms with Crippen molar-refractivity contribution in [3.63, 3.8) is 0 Å². The third-order valence-electron chi connectivity index (χ3n) is 3.56. The summed E-state index contributed by atoms with van der Waals surface area (Å²) in [6, 6.07) is 13.5. The van der Waals surface area contributed by atoms with Gasteiger partial charge in [-0.05, 0) is 31.2 Å². The average Bonchev–Trinajstić information content (AvgIpc) is 2.62. The minimum absolute atomic E-state index is 0.00960. The number of para-hydroxylation sites is 1. The molecule has 6 nitrogen and oxygen atoms in total. The number of methoxy groups -OCH3 is 1. The molecule has 0 heterocycles. The fraction of sp³-hybridized carbons (Fsp3) is 0.211. The summed E-state index contributed by atoms with van der Waals surface area (Å²) in [6.07, 6.45) is -1.00. The number of hydrogen-bond donors (Lipinski definition) is 1. The smallest absolute Gasteiger partial charge is 0.311 e. The number of halogens is 1. The van der Waals surface area contributed by atoms with Crippen molar-refractivity contribution in [1.29, 1.82) is 5.26 Å². The van der Waals surface area contributed by atoms with E-state index in [-0.39, 0.29) is 11.4 Å². The molecular weight excluding hydrogens is 356 g/mol. The lowest BCUT2D eigenvalue weighted by Crippen LogP contribution is -2.30. The van der Waals surface area contributed by atoms with Crippen LogP contribution in [0.15, 0.2) is 42.5 Å². The molecule has 0 aliphatic rings. The number of nitriles is 1. The molecule has 0 bridgehead atoms. The second kappa shape index (κ2) is 8.88. The van der Waals surface area contributed by atoms with E-state index in [2.05, 4.69) is 5.32 Å². The Morgan fingerprint density at radius 3 is 2.65 bits per heavy atom. The van der Waals surface area contributed by atoms with E-state index < -0.39 is 18.0 Å². The van der Waals surface area contributed by atoms with Crippen LogP contribution in [-0.2, 0) is 20.7 Å². The molecule has 1 atom stereocenters. The van der Waals surface area contributed by atoms with Crippen LogP contribution >= 0.6 is 11.6 Å². The number of rotatable bonds is 6. The van der Waals surface area contributed by atoms with E-state index in [4.69, 9.17) is 26.3 Å². The van der Waals surface area contributed by atoms with Crippen LogP contribution in [0.3, 0.4) is 0 Å². The molecule has 0 aromatic heterocycles. The molecule has 1 amide bonds. The minimum Gasteiger partial charge on any atom is -0.496 e. The molecule has 2 aromatic carbocycles. The van der Waals surface area contributed by atoms with E-state index in [0.717, 1.165) is 0 Å². The summed E-state index contributed by atoms with van der Waals surface area (Å²) < 4.78 is 10.4. The Balaban J connectivity index is 1.95. The van der Waals surface area contributed by atoms with Crippen LogP contribution in [0, 0.1) is 11.3 Å². The predicted octanol–water partition coefficient (Wildman–Crippen LogP) is 3.33. The van der Waals surface area contributed by atoms with Gasteiger partial charge in [0.25, 0.3) is 5.91 Å². The average molecular weight is 373 g/mol. The molecule has 0 spiro atoms. The highest BCUT2D eigenvalue weighted by Gasteiger charge is 2.19. The number of carbonyl (C=O) groups excluding carboxylic acids is 2. The van der Waals surface area contributed by atoms with Crippen molar-refractivity contribution in [2.24, 2.45) is 0 Å². The Hall–Kier alpha value is -3.04. The van der Waals surface area contributed by atoms with Gasteiger partial charge < -0.3 is 14.8 Å². The Morgan fingerprint density at radius 1 is 1.27 bits per heavy atom. The molecule has 0 saturated carbocycles. The SMILES string of the molecule is COc1ccccc1CC(=O)O[C@H](C)C(=O)Nc1ccc(C#N)c(Cl)c1. The Kier molecular flexibility index (Phi) is 6.59. The van der Waals surface area contributed by atoms with Crippen molar-refractivity contribution < 1.29 is 19.1 Å². The van der Waals surface area contributed by atoms with Gasteiger partial charge in [-0.15, -0.1) is 0 Å². The molecule has 0 unspecified atom stereocenters. The third kappa shape index (κ3) is 4.98. The van der Waals surface area contributed by atoms with Gasteiger partial charge in [-0.25, -0.2) is 0 Å². The molecule has 0 saturated heterocycles. The van der Waals surface area contributed by atoms with Crippen LogP contribution in [0.5, 0.6) is 5.75 Å². The summed E-state index contributed by atoms with van der Waals surface area (Å²) in [5.41, 5.74) is 1.39. The van der Waals surface area contributed by atoms with E-state index >= 15 is 0 Å². The van der Waals surface area contributed by atoms with Crippen LogP contribution in [-0.4, -0.2) is 25.1 Å². The van der Waals surface area contributed by atoms with Crippen LogP contribution < -0.4 is 10.1 Å². The Bertz CT molecular complexity index is 861. The van der Waals surface area contributed by atoms with Crippen LogP contribution in [0.25, 0.3) is 0 Å². The van der Waals surface area contributed by atoms with Crippen molar-refractivity contribution in [2.75, 3.05) is 12.4 Å². The Morgan fingerprint density at radius 2 is 2.00 bits per heavy atom. The van der Waals surface area contributed by atoms with Crippen LogP contribution in [0.2, 0.25) is 5.02 Å². The predicted molar refractivity (Wildman–Crippen MR) is 97.0 cm³/mol. The maximum absolute atomic E-state index is 12.2. The van der Waals surface area contributed by atoms with Gasteiger partial charge in [0.15, 0.2) is 6.10 Å². The van der Waals surface area contributed by atoms with Crippen molar-refractivity contribution in [3.8, 4) is 11.8 Å². The largest absolute Gasteiger partial charge is 0.496 e. The summed E-state index contributed by atoms with van der Waals surface area (Å²) in [7, 11) is 1.52. The van der Waals surface area contributed by atoms with Crippen LogP contribution in [0.4, 0.5) is 5.69 Å². The van der Waals surface area contributed by atoms with Crippen molar-refractivity contribution in [2.45, 2.75) is 19.4 Å². The summed E-state index contributed by atoms with van der Waals surface area (Å²) >= 11 is 5.92. The first kappa shape index (κ1) is 19.3. The third-order valence-corrected chi connectivity index (χ3v) is 3.87. The summed E-state index contributed by atoms with van der Waals surface area (Å²) in [4.78, 5) is 24.2. The lowest BCUT2D eigenvalue weighted by atomic mass is 10.1. The first-order chi connectivity index (χ1) is 12.4. The van der Waals surface area contributed by atoms with Gasteiger partial charge in [0.2, 0.25) is 0 Å². The molecule has 0 aliphatic carbocycles. The number of hydrogen-bond acceptors (Lipinski definition) is 5. The van der Waals surface area contributed by atoms with Gasteiger partial charge in [0.05, 0.1) is 24.1 Å². The first-order valence-electron chi connectivity index (χ1n) is 7.76. The summed E-state index contributed by atoms with van der Waals surface area (Å²) in [6.45, 7) is 1.47. The van der Waals surface area contributed by atoms with E-state index in [1.165, 1.54) is 26.2 Å². The number of nitrogens with zero attached hydrogens (tertiary/aromatic N) is 1. The van der Waals surface area contributed by atoms with Crippen LogP contribution in [0.1, 0.15) is 18.1 Å². The molecule has 0 fully saturated rings. The quantitative estimate of drug-likeness (QED) is 0.785. The van der Waals surface area contributed by atoms with E-state index in [1.807, 2.05) is 6.07 Å². The number of ether oxygens (including phenoxy) is 2. The zero-order valence-electron chi connectivity index (χ0n) is 14.3. The number of carbonyl (C=O) groups is 2. The van der Waals surface area contributed by atoms with Gasteiger partial charge in [0.1, 0.15) is 11.8 Å². The zero-order valence-corrected chi connectivity index (χ0v) is 15.0. The number of benzene rings is 2. The van der Waals surface area contributed by atoms with Gasteiger partial charge in [0, 0.05) is 11.3 Å². The molecule has 0 radical (unpaired) electrons. The summed E-state index contributed by atoms with van der Waals surface area (Å²) in [5.74, 6) is -0.469. The lowest BCUT2D eigenvalue weighted by Gasteiger charge is -2.14. The van der Waals surface area contributed by atoms with Gasteiger partial charge in [-0.1, -0.05) is 29.8 Å². The fourth-order valence-electron chi connectivity index (χ4n) is 2.22. The molecule has 26 heavy (non-hydrogen) atoms. The minimum atomic E-state index is -0.994. The lowest BCUT2D eigenvalue weighted by molar-refractivity contribution is -0.152. The second-order valence-electron chi connectivity index (χ2n) is 5.42. The first-order valence-corrected chi connectivity index (χ1v) is 8.14. The summed E-state index contributed by atoms with van der Waals surface area (Å²) in [5, 5.41) is 11.7. The molecule has 0 aliphatic heterocycles. The second-order valence-corrected chi connectivity index (χ2v) is 5.82. The number of esters is 1. The van der Waals surface area contributed by atoms with Crippen molar-refractivity contribution in [3.05, 3.63) is 58.6 Å². The number of anilines is 1. The van der Waals surface area contributed by atoms with Gasteiger partial charge >= 0.3 is 5.97 Å². The van der Waals surface area contributed by atoms with E-state index in [0.29, 0.717) is 22.6 Å². The molecule has 7 heteroatoms. The monoisotopic (exact) mass is 372 g/mol. The number of amides is 1. The molecular formula is C19H17ClN2O4. The van der Waals surface area contributed by atoms with E-state index in [1.54, 1.807) is 30.3 Å². The molecule has 134 valence electrons. The van der Waals surface area contributed by atoms with Gasteiger partial charge in [-0.2, -0.15) is 5.26 Å². The molecule has 2 rings (SSSR count). The number of nitrogens with one attached hydrogen (secondary N) is 1. The van der Waals surface area contributed by atoms with Crippen molar-refractivity contribution in [1.82, 2.24) is 0 Å².